The van der Waals surface area contributed by atoms with Crippen molar-refractivity contribution in [3.05, 3.63) is 79.4 Å². The molecule has 3 aromatic rings. The van der Waals surface area contributed by atoms with E-state index in [0.29, 0.717) is 40.8 Å². The topological polar surface area (TPSA) is 101 Å². The van der Waals surface area contributed by atoms with Crippen molar-refractivity contribution in [1.29, 1.82) is 0 Å². The summed E-state index contributed by atoms with van der Waals surface area (Å²) in [7, 11) is 1.57. The Morgan fingerprint density at radius 2 is 2.00 bits per heavy atom. The van der Waals surface area contributed by atoms with Crippen LogP contribution in [0.3, 0.4) is 0 Å². The number of halogens is 2. The maximum atomic E-state index is 14.5. The van der Waals surface area contributed by atoms with Crippen molar-refractivity contribution in [2.45, 2.75) is 11.8 Å². The number of nitro benzene ring substituents is 1. The molecule has 0 bridgehead atoms. The van der Waals surface area contributed by atoms with E-state index in [1.807, 2.05) is 0 Å². The quantitative estimate of drug-likeness (QED) is 0.103. The molecule has 0 unspecified atom stereocenters. The average molecular weight is 496 g/mol. The molecular weight excluding hydrogens is 477 g/mol. The molecule has 0 fully saturated rings. The lowest BCUT2D eigenvalue weighted by molar-refractivity contribution is -0.387. The van der Waals surface area contributed by atoms with Gasteiger partial charge in [0, 0.05) is 41.9 Å². The number of rotatable bonds is 10. The third-order valence-electron chi connectivity index (χ3n) is 4.59. The predicted octanol–water partition coefficient (Wildman–Crippen LogP) is 4.33. The summed E-state index contributed by atoms with van der Waals surface area (Å²) in [5.41, 5.74) is -0.118. The lowest BCUT2D eigenvalue weighted by atomic mass is 9.99. The molecule has 0 N–H and O–H groups in total. The average Bonchev–Trinajstić information content (AvgIpc) is 2.75. The van der Waals surface area contributed by atoms with Crippen molar-refractivity contribution in [1.82, 2.24) is 0 Å². The van der Waals surface area contributed by atoms with Crippen molar-refractivity contribution in [3.8, 4) is 5.75 Å². The van der Waals surface area contributed by atoms with Crippen LogP contribution in [0.5, 0.6) is 5.75 Å². The zero-order chi connectivity index (χ0) is 22.4. The zero-order valence-electron chi connectivity index (χ0n) is 16.6. The molecule has 0 aliphatic rings. The van der Waals surface area contributed by atoms with Crippen molar-refractivity contribution in [3.63, 3.8) is 0 Å². The predicted molar refractivity (Wildman–Crippen MR) is 114 cm³/mol. The second-order valence-electron chi connectivity index (χ2n) is 6.49. The van der Waals surface area contributed by atoms with Gasteiger partial charge in [0.1, 0.15) is 11.3 Å². The van der Waals surface area contributed by atoms with Gasteiger partial charge in [0.15, 0.2) is 6.79 Å². The van der Waals surface area contributed by atoms with Crippen LogP contribution in [0.25, 0.3) is 11.0 Å². The van der Waals surface area contributed by atoms with Gasteiger partial charge in [-0.25, -0.2) is 4.79 Å². The number of benzene rings is 2. The fourth-order valence-electron chi connectivity index (χ4n) is 3.05. The molecule has 0 aliphatic heterocycles. The molecule has 0 saturated heterocycles. The number of methoxy groups -OCH3 is 1. The van der Waals surface area contributed by atoms with Crippen LogP contribution in [0.2, 0.25) is 0 Å². The molecule has 8 nitrogen and oxygen atoms in total. The van der Waals surface area contributed by atoms with Gasteiger partial charge in [-0.2, -0.15) is 4.39 Å². The number of nitrogens with zero attached hydrogens (tertiary/aromatic N) is 1. The molecule has 0 amide bonds. The third kappa shape index (κ3) is 5.27. The molecule has 0 radical (unpaired) electrons. The third-order valence-corrected chi connectivity index (χ3v) is 5.15. The molecule has 31 heavy (non-hydrogen) atoms. The number of ether oxygens (including phenoxy) is 3. The van der Waals surface area contributed by atoms with Crippen LogP contribution in [0, 0.1) is 15.9 Å². The molecule has 2 aromatic carbocycles. The van der Waals surface area contributed by atoms with Crippen LogP contribution in [0.15, 0.2) is 45.6 Å². The Morgan fingerprint density at radius 1 is 1.19 bits per heavy atom. The number of fused-ring (bicyclic) bond motifs is 1. The Morgan fingerprint density at radius 3 is 2.71 bits per heavy atom. The highest BCUT2D eigenvalue weighted by Gasteiger charge is 2.21. The summed E-state index contributed by atoms with van der Waals surface area (Å²) in [6, 6.07) is 8.86. The Kier molecular flexibility index (Phi) is 7.72. The van der Waals surface area contributed by atoms with Gasteiger partial charge in [0.25, 0.3) is 0 Å². The van der Waals surface area contributed by atoms with Crippen molar-refractivity contribution >= 4 is 32.6 Å². The molecule has 0 aliphatic carbocycles. The summed E-state index contributed by atoms with van der Waals surface area (Å²) >= 11 is 3.37. The van der Waals surface area contributed by atoms with Crippen molar-refractivity contribution in [2.75, 3.05) is 27.1 Å². The second-order valence-corrected chi connectivity index (χ2v) is 7.05. The van der Waals surface area contributed by atoms with E-state index in [2.05, 4.69) is 15.9 Å². The van der Waals surface area contributed by atoms with Gasteiger partial charge in [-0.1, -0.05) is 28.1 Å². The number of alkyl halides is 1. The SMILES string of the molecule is COCCOCOc1ccc2c(CBr)c(Cc3cccc([N+](=O)[O-])c3F)c(=O)oc2c1. The second kappa shape index (κ2) is 10.5. The van der Waals surface area contributed by atoms with E-state index in [4.69, 9.17) is 18.6 Å². The highest BCUT2D eigenvalue weighted by atomic mass is 79.9. The van der Waals surface area contributed by atoms with Crippen LogP contribution in [0.1, 0.15) is 16.7 Å². The number of hydrogen-bond acceptors (Lipinski definition) is 7. The maximum Gasteiger partial charge on any atom is 0.340 e. The maximum absolute atomic E-state index is 14.5. The Bertz CT molecular complexity index is 1150. The molecule has 0 saturated carbocycles. The summed E-state index contributed by atoms with van der Waals surface area (Å²) in [6.07, 6.45) is -0.141. The molecule has 0 atom stereocenters. The van der Waals surface area contributed by atoms with E-state index in [0.717, 1.165) is 6.07 Å². The molecular formula is C21H19BrFNO7. The minimum Gasteiger partial charge on any atom is -0.467 e. The Balaban J connectivity index is 1.92. The number of nitro groups is 1. The molecule has 1 heterocycles. The van der Waals surface area contributed by atoms with Crippen molar-refractivity contribution < 1.29 is 27.9 Å². The van der Waals surface area contributed by atoms with Gasteiger partial charge in [-0.3, -0.25) is 10.1 Å². The minimum atomic E-state index is -0.968. The molecule has 0 spiro atoms. The van der Waals surface area contributed by atoms with Crippen LogP contribution in [0.4, 0.5) is 10.1 Å². The molecule has 1 aromatic heterocycles. The standard InChI is InChI=1S/C21H19BrFNO7/c1-28-7-8-29-12-30-14-5-6-15-17(11-22)16(21(25)31-19(15)10-14)9-13-3-2-4-18(20(13)23)24(26)27/h2-6,10H,7-9,11-12H2,1H3. The number of hydrogen-bond donors (Lipinski definition) is 0. The van der Waals surface area contributed by atoms with Gasteiger partial charge >= 0.3 is 11.3 Å². The lowest BCUT2D eigenvalue weighted by Crippen LogP contribution is -2.13. The van der Waals surface area contributed by atoms with E-state index < -0.39 is 22.1 Å². The summed E-state index contributed by atoms with van der Waals surface area (Å²) < 4.78 is 35.6. The van der Waals surface area contributed by atoms with E-state index >= 15 is 0 Å². The molecule has 10 heteroatoms. The first-order valence-electron chi connectivity index (χ1n) is 9.22. The Labute approximate surface area is 184 Å². The highest BCUT2D eigenvalue weighted by molar-refractivity contribution is 9.08. The fourth-order valence-corrected chi connectivity index (χ4v) is 3.69. The first kappa shape index (κ1) is 22.9. The summed E-state index contributed by atoms with van der Waals surface area (Å²) in [5, 5.41) is 12.0. The van der Waals surface area contributed by atoms with Gasteiger partial charge in [0.05, 0.1) is 18.1 Å². The first-order valence-corrected chi connectivity index (χ1v) is 10.3. The fraction of sp³-hybridized carbons (Fsp3) is 0.286. The van der Waals surface area contributed by atoms with Crippen LogP contribution in [-0.4, -0.2) is 32.0 Å². The monoisotopic (exact) mass is 495 g/mol. The van der Waals surface area contributed by atoms with Gasteiger partial charge < -0.3 is 18.6 Å². The Hall–Kier alpha value is -2.82. The smallest absolute Gasteiger partial charge is 0.340 e. The van der Waals surface area contributed by atoms with Crippen LogP contribution in [-0.2, 0) is 21.2 Å². The summed E-state index contributed by atoms with van der Waals surface area (Å²) in [5.74, 6) is -0.518. The van der Waals surface area contributed by atoms with Gasteiger partial charge in [-0.15, -0.1) is 0 Å². The van der Waals surface area contributed by atoms with Crippen molar-refractivity contribution in [2.24, 2.45) is 0 Å². The van der Waals surface area contributed by atoms with Gasteiger partial charge in [0.2, 0.25) is 5.82 Å². The van der Waals surface area contributed by atoms with Gasteiger partial charge in [-0.05, 0) is 23.3 Å². The normalized spacial score (nSPS) is 11.1. The highest BCUT2D eigenvalue weighted by Crippen LogP contribution is 2.29. The first-order chi connectivity index (χ1) is 15.0. The minimum absolute atomic E-state index is 0.00848. The van der Waals surface area contributed by atoms with Crippen LogP contribution < -0.4 is 10.4 Å². The van der Waals surface area contributed by atoms with E-state index in [1.54, 1.807) is 25.3 Å². The van der Waals surface area contributed by atoms with Crippen LogP contribution >= 0.6 is 15.9 Å². The lowest BCUT2D eigenvalue weighted by Gasteiger charge is -2.12. The summed E-state index contributed by atoms with van der Waals surface area (Å²) in [4.78, 5) is 22.9. The molecule has 3 rings (SSSR count). The van der Waals surface area contributed by atoms with E-state index in [9.17, 15) is 19.3 Å². The zero-order valence-corrected chi connectivity index (χ0v) is 18.1. The summed E-state index contributed by atoms with van der Waals surface area (Å²) in [6.45, 7) is 0.831. The van der Waals surface area contributed by atoms with E-state index in [1.165, 1.54) is 12.1 Å². The molecule has 164 valence electrons. The largest absolute Gasteiger partial charge is 0.467 e. The van der Waals surface area contributed by atoms with E-state index in [-0.39, 0.29) is 24.3 Å².